The van der Waals surface area contributed by atoms with Gasteiger partial charge in [0.1, 0.15) is 11.4 Å². The summed E-state index contributed by atoms with van der Waals surface area (Å²) in [4.78, 5) is 0. The van der Waals surface area contributed by atoms with Crippen molar-refractivity contribution >= 4 is 0 Å². The van der Waals surface area contributed by atoms with Crippen molar-refractivity contribution in [1.29, 1.82) is 0 Å². The molecule has 2 aromatic rings. The third kappa shape index (κ3) is 1.48. The van der Waals surface area contributed by atoms with E-state index in [4.69, 9.17) is 4.74 Å². The summed E-state index contributed by atoms with van der Waals surface area (Å²) in [5.74, 6) is 0.829. The molecule has 3 nitrogen and oxygen atoms in total. The van der Waals surface area contributed by atoms with Crippen molar-refractivity contribution in [2.45, 2.75) is 6.92 Å². The zero-order chi connectivity index (χ0) is 9.97. The quantitative estimate of drug-likeness (QED) is 0.722. The minimum atomic E-state index is 0.829. The van der Waals surface area contributed by atoms with Gasteiger partial charge < -0.3 is 4.74 Å². The maximum Gasteiger partial charge on any atom is 0.144 e. The molecule has 0 amide bonds. The normalized spacial score (nSPS) is 10.1. The number of aromatic nitrogens is 2. The Morgan fingerprint density at radius 2 is 2.07 bits per heavy atom. The molecule has 0 aliphatic heterocycles. The van der Waals surface area contributed by atoms with E-state index in [-0.39, 0.29) is 0 Å². The lowest BCUT2D eigenvalue weighted by Gasteiger charge is -2.06. The number of aryl methyl sites for hydroxylation is 1. The zero-order valence-electron chi connectivity index (χ0n) is 8.27. The number of benzene rings is 1. The predicted molar refractivity (Wildman–Crippen MR) is 54.9 cm³/mol. The highest BCUT2D eigenvalue weighted by Gasteiger charge is 2.03. The van der Waals surface area contributed by atoms with E-state index in [9.17, 15) is 0 Å². The SMILES string of the molecule is COc1ccccc1-n1cc(C)cn1. The summed E-state index contributed by atoms with van der Waals surface area (Å²) in [5, 5.41) is 4.23. The summed E-state index contributed by atoms with van der Waals surface area (Å²) >= 11 is 0. The summed E-state index contributed by atoms with van der Waals surface area (Å²) in [5.41, 5.74) is 2.10. The van der Waals surface area contributed by atoms with Crippen molar-refractivity contribution < 1.29 is 4.74 Å². The first-order valence-corrected chi connectivity index (χ1v) is 4.46. The van der Waals surface area contributed by atoms with Gasteiger partial charge in [0.25, 0.3) is 0 Å². The largest absolute Gasteiger partial charge is 0.494 e. The first-order valence-electron chi connectivity index (χ1n) is 4.46. The fourth-order valence-electron chi connectivity index (χ4n) is 1.36. The molecule has 14 heavy (non-hydrogen) atoms. The Labute approximate surface area is 82.9 Å². The Kier molecular flexibility index (Phi) is 2.23. The Morgan fingerprint density at radius 1 is 1.29 bits per heavy atom. The molecule has 0 fully saturated rings. The molecule has 1 aromatic heterocycles. The van der Waals surface area contributed by atoms with Crippen LogP contribution in [0.5, 0.6) is 5.75 Å². The fourth-order valence-corrected chi connectivity index (χ4v) is 1.36. The maximum absolute atomic E-state index is 5.25. The van der Waals surface area contributed by atoms with Gasteiger partial charge in [0.2, 0.25) is 0 Å². The first-order chi connectivity index (χ1) is 6.81. The van der Waals surface area contributed by atoms with E-state index in [1.165, 1.54) is 0 Å². The van der Waals surface area contributed by atoms with E-state index in [1.807, 2.05) is 48.3 Å². The molecule has 1 aromatic carbocycles. The second kappa shape index (κ2) is 3.54. The highest BCUT2D eigenvalue weighted by molar-refractivity contribution is 5.45. The molecule has 3 heteroatoms. The number of rotatable bonds is 2. The standard InChI is InChI=1S/C11H12N2O/c1-9-7-12-13(8-9)10-5-3-4-6-11(10)14-2/h3-8H,1-2H3. The molecule has 0 atom stereocenters. The van der Waals surface area contributed by atoms with Crippen molar-refractivity contribution in [2.75, 3.05) is 7.11 Å². The minimum absolute atomic E-state index is 0.829. The average molecular weight is 188 g/mol. The average Bonchev–Trinajstić information content (AvgIpc) is 2.65. The van der Waals surface area contributed by atoms with Crippen molar-refractivity contribution in [3.8, 4) is 11.4 Å². The van der Waals surface area contributed by atoms with Crippen LogP contribution in [-0.2, 0) is 0 Å². The molecule has 0 N–H and O–H groups in total. The van der Waals surface area contributed by atoms with Gasteiger partial charge in [-0.15, -0.1) is 0 Å². The molecule has 0 aliphatic rings. The molecule has 2 rings (SSSR count). The van der Waals surface area contributed by atoms with Crippen molar-refractivity contribution in [3.63, 3.8) is 0 Å². The van der Waals surface area contributed by atoms with Crippen LogP contribution < -0.4 is 4.74 Å². The van der Waals surface area contributed by atoms with E-state index in [2.05, 4.69) is 5.10 Å². The second-order valence-corrected chi connectivity index (χ2v) is 3.13. The van der Waals surface area contributed by atoms with E-state index < -0.39 is 0 Å². The maximum atomic E-state index is 5.25. The van der Waals surface area contributed by atoms with Crippen LogP contribution in [0.3, 0.4) is 0 Å². The van der Waals surface area contributed by atoms with Gasteiger partial charge in [-0.3, -0.25) is 0 Å². The highest BCUT2D eigenvalue weighted by atomic mass is 16.5. The molecular weight excluding hydrogens is 176 g/mol. The zero-order valence-corrected chi connectivity index (χ0v) is 8.27. The number of nitrogens with zero attached hydrogens (tertiary/aromatic N) is 2. The van der Waals surface area contributed by atoms with Gasteiger partial charge in [-0.2, -0.15) is 5.10 Å². The van der Waals surface area contributed by atoms with E-state index >= 15 is 0 Å². The Bertz CT molecular complexity index is 434. The van der Waals surface area contributed by atoms with Crippen LogP contribution in [0.1, 0.15) is 5.56 Å². The van der Waals surface area contributed by atoms with Crippen molar-refractivity contribution in [3.05, 3.63) is 42.2 Å². The van der Waals surface area contributed by atoms with Gasteiger partial charge in [0.05, 0.1) is 13.3 Å². The summed E-state index contributed by atoms with van der Waals surface area (Å²) in [6, 6.07) is 7.81. The smallest absolute Gasteiger partial charge is 0.144 e. The third-order valence-electron chi connectivity index (χ3n) is 2.04. The molecule has 0 saturated carbocycles. The number of hydrogen-bond donors (Lipinski definition) is 0. The lowest BCUT2D eigenvalue weighted by atomic mass is 10.3. The monoisotopic (exact) mass is 188 g/mol. The predicted octanol–water partition coefficient (Wildman–Crippen LogP) is 2.19. The molecular formula is C11H12N2O. The molecule has 0 saturated heterocycles. The first kappa shape index (κ1) is 8.81. The summed E-state index contributed by atoms with van der Waals surface area (Å²) < 4.78 is 7.06. The second-order valence-electron chi connectivity index (χ2n) is 3.13. The van der Waals surface area contributed by atoms with Crippen LogP contribution in [0.4, 0.5) is 0 Å². The van der Waals surface area contributed by atoms with Gasteiger partial charge in [-0.05, 0) is 24.6 Å². The van der Waals surface area contributed by atoms with Gasteiger partial charge in [0.15, 0.2) is 0 Å². The minimum Gasteiger partial charge on any atom is -0.494 e. The molecule has 0 unspecified atom stereocenters. The van der Waals surface area contributed by atoms with Gasteiger partial charge in [-0.1, -0.05) is 12.1 Å². The molecule has 0 aliphatic carbocycles. The molecule has 1 heterocycles. The summed E-state index contributed by atoms with van der Waals surface area (Å²) in [6.07, 6.45) is 3.80. The summed E-state index contributed by atoms with van der Waals surface area (Å²) in [6.45, 7) is 2.01. The molecule has 0 radical (unpaired) electrons. The molecule has 0 bridgehead atoms. The van der Waals surface area contributed by atoms with Crippen LogP contribution in [0.2, 0.25) is 0 Å². The lowest BCUT2D eigenvalue weighted by Crippen LogP contribution is -1.97. The number of para-hydroxylation sites is 2. The van der Waals surface area contributed by atoms with Crippen LogP contribution in [0.15, 0.2) is 36.7 Å². The van der Waals surface area contributed by atoms with Gasteiger partial charge in [-0.25, -0.2) is 4.68 Å². The Hall–Kier alpha value is -1.77. The molecule has 72 valence electrons. The number of hydrogen-bond acceptors (Lipinski definition) is 2. The van der Waals surface area contributed by atoms with E-state index in [0.29, 0.717) is 0 Å². The van der Waals surface area contributed by atoms with E-state index in [0.717, 1.165) is 17.0 Å². The van der Waals surface area contributed by atoms with Crippen molar-refractivity contribution in [1.82, 2.24) is 9.78 Å². The van der Waals surface area contributed by atoms with Crippen molar-refractivity contribution in [2.24, 2.45) is 0 Å². The topological polar surface area (TPSA) is 27.1 Å². The van der Waals surface area contributed by atoms with Crippen LogP contribution in [0.25, 0.3) is 5.69 Å². The Morgan fingerprint density at radius 3 is 2.71 bits per heavy atom. The van der Waals surface area contributed by atoms with Crippen LogP contribution in [0, 0.1) is 6.92 Å². The van der Waals surface area contributed by atoms with Gasteiger partial charge in [0, 0.05) is 6.20 Å². The number of ether oxygens (including phenoxy) is 1. The molecule has 0 spiro atoms. The van der Waals surface area contributed by atoms with E-state index in [1.54, 1.807) is 7.11 Å². The fraction of sp³-hybridized carbons (Fsp3) is 0.182. The highest BCUT2D eigenvalue weighted by Crippen LogP contribution is 2.21. The van der Waals surface area contributed by atoms with Crippen LogP contribution in [-0.4, -0.2) is 16.9 Å². The lowest BCUT2D eigenvalue weighted by molar-refractivity contribution is 0.411. The van der Waals surface area contributed by atoms with Gasteiger partial charge >= 0.3 is 0 Å². The number of methoxy groups -OCH3 is 1. The Balaban J connectivity index is 2.50. The third-order valence-corrected chi connectivity index (χ3v) is 2.04. The van der Waals surface area contributed by atoms with Crippen LogP contribution >= 0.6 is 0 Å². The summed E-state index contributed by atoms with van der Waals surface area (Å²) in [7, 11) is 1.66.